The van der Waals surface area contributed by atoms with Crippen LogP contribution in [0.4, 0.5) is 0 Å². The predicted octanol–water partition coefficient (Wildman–Crippen LogP) is 3.93. The summed E-state index contributed by atoms with van der Waals surface area (Å²) in [6.45, 7) is 0. The van der Waals surface area contributed by atoms with E-state index >= 15 is 0 Å². The lowest BCUT2D eigenvalue weighted by Gasteiger charge is -2.25. The van der Waals surface area contributed by atoms with Crippen LogP contribution in [0.2, 0.25) is 0 Å². The number of benzene rings is 2. The molecule has 118 valence electrons. The summed E-state index contributed by atoms with van der Waals surface area (Å²) in [6.07, 6.45) is 0. The Bertz CT molecular complexity index is 607. The molecule has 2 rings (SSSR count). The fourth-order valence-electron chi connectivity index (χ4n) is 2.40. The van der Waals surface area contributed by atoms with E-state index in [2.05, 4.69) is 31.9 Å². The fraction of sp³-hybridized carbons (Fsp3) is 0.250. The molecule has 0 bridgehead atoms. The van der Waals surface area contributed by atoms with E-state index in [1.807, 2.05) is 36.4 Å². The molecule has 0 aliphatic heterocycles. The lowest BCUT2D eigenvalue weighted by Crippen LogP contribution is -2.28. The van der Waals surface area contributed by atoms with Crippen LogP contribution in [-0.2, 0) is 0 Å². The average molecular weight is 430 g/mol. The minimum atomic E-state index is -0.460. The van der Waals surface area contributed by atoms with Crippen molar-refractivity contribution < 1.29 is 9.47 Å². The number of methoxy groups -OCH3 is 2. The Hall–Kier alpha value is -1.08. The van der Waals surface area contributed by atoms with Crippen molar-refractivity contribution in [1.29, 1.82) is 0 Å². The standard InChI is InChI=1S/C16H18Br2N2O2/c1-21-11-7-3-5-9(17)13(11)15(19)16(20)14-10(18)6-4-8-12(14)22-2/h3-8,15-16H,19-20H2,1-2H3. The number of rotatable bonds is 5. The van der Waals surface area contributed by atoms with Gasteiger partial charge in [0.25, 0.3) is 0 Å². The molecular weight excluding hydrogens is 412 g/mol. The van der Waals surface area contributed by atoms with Crippen molar-refractivity contribution in [3.63, 3.8) is 0 Å². The Morgan fingerprint density at radius 3 is 1.45 bits per heavy atom. The van der Waals surface area contributed by atoms with Crippen LogP contribution < -0.4 is 20.9 Å². The van der Waals surface area contributed by atoms with E-state index in [-0.39, 0.29) is 0 Å². The van der Waals surface area contributed by atoms with Gasteiger partial charge >= 0.3 is 0 Å². The van der Waals surface area contributed by atoms with Gasteiger partial charge in [-0.1, -0.05) is 44.0 Å². The lowest BCUT2D eigenvalue weighted by atomic mass is 9.93. The van der Waals surface area contributed by atoms with E-state index in [0.717, 1.165) is 20.1 Å². The van der Waals surface area contributed by atoms with Gasteiger partial charge in [0.2, 0.25) is 0 Å². The van der Waals surface area contributed by atoms with Crippen molar-refractivity contribution in [2.45, 2.75) is 12.1 Å². The molecule has 2 atom stereocenters. The van der Waals surface area contributed by atoms with Crippen LogP contribution in [0.1, 0.15) is 23.2 Å². The van der Waals surface area contributed by atoms with Crippen LogP contribution in [0.5, 0.6) is 11.5 Å². The summed E-state index contributed by atoms with van der Waals surface area (Å²) in [7, 11) is 3.23. The van der Waals surface area contributed by atoms with Crippen molar-refractivity contribution in [2.75, 3.05) is 14.2 Å². The molecule has 0 aromatic heterocycles. The zero-order chi connectivity index (χ0) is 16.3. The minimum Gasteiger partial charge on any atom is -0.496 e. The van der Waals surface area contributed by atoms with Crippen LogP contribution in [-0.4, -0.2) is 14.2 Å². The first kappa shape index (κ1) is 17.3. The van der Waals surface area contributed by atoms with Crippen molar-refractivity contribution in [2.24, 2.45) is 11.5 Å². The third kappa shape index (κ3) is 3.30. The first-order chi connectivity index (χ1) is 10.5. The highest BCUT2D eigenvalue weighted by Gasteiger charge is 2.26. The van der Waals surface area contributed by atoms with Crippen LogP contribution in [0.15, 0.2) is 45.3 Å². The van der Waals surface area contributed by atoms with Gasteiger partial charge in [0, 0.05) is 20.1 Å². The molecular formula is C16H18Br2N2O2. The van der Waals surface area contributed by atoms with Crippen LogP contribution in [0, 0.1) is 0 Å². The summed E-state index contributed by atoms with van der Waals surface area (Å²) in [5.74, 6) is 1.40. The average Bonchev–Trinajstić information content (AvgIpc) is 2.52. The van der Waals surface area contributed by atoms with E-state index in [1.54, 1.807) is 14.2 Å². The van der Waals surface area contributed by atoms with Crippen LogP contribution >= 0.6 is 31.9 Å². The molecule has 6 heteroatoms. The Morgan fingerprint density at radius 1 is 0.773 bits per heavy atom. The van der Waals surface area contributed by atoms with Gasteiger partial charge in [0.15, 0.2) is 0 Å². The molecule has 0 spiro atoms. The molecule has 0 heterocycles. The monoisotopic (exact) mass is 428 g/mol. The normalized spacial score (nSPS) is 13.5. The van der Waals surface area contributed by atoms with Gasteiger partial charge in [-0.05, 0) is 24.3 Å². The van der Waals surface area contributed by atoms with Crippen molar-refractivity contribution in [3.05, 3.63) is 56.5 Å². The molecule has 0 aliphatic rings. The second-order valence-corrected chi connectivity index (χ2v) is 6.47. The van der Waals surface area contributed by atoms with Gasteiger partial charge in [-0.25, -0.2) is 0 Å². The maximum absolute atomic E-state index is 6.43. The molecule has 22 heavy (non-hydrogen) atoms. The zero-order valence-corrected chi connectivity index (χ0v) is 15.5. The third-order valence-electron chi connectivity index (χ3n) is 3.52. The van der Waals surface area contributed by atoms with Crippen molar-refractivity contribution in [3.8, 4) is 11.5 Å². The molecule has 0 fully saturated rings. The number of hydrogen-bond donors (Lipinski definition) is 2. The molecule has 4 N–H and O–H groups in total. The predicted molar refractivity (Wildman–Crippen MR) is 95.2 cm³/mol. The molecule has 0 amide bonds. The first-order valence-electron chi connectivity index (χ1n) is 6.67. The quantitative estimate of drug-likeness (QED) is 0.755. The smallest absolute Gasteiger partial charge is 0.124 e. The molecule has 0 saturated carbocycles. The summed E-state index contributed by atoms with van der Waals surface area (Å²) in [6, 6.07) is 10.4. The largest absolute Gasteiger partial charge is 0.496 e. The highest BCUT2D eigenvalue weighted by molar-refractivity contribution is 9.10. The summed E-state index contributed by atoms with van der Waals surface area (Å²) in [5.41, 5.74) is 14.5. The summed E-state index contributed by atoms with van der Waals surface area (Å²) in [4.78, 5) is 0. The van der Waals surface area contributed by atoms with E-state index in [9.17, 15) is 0 Å². The molecule has 4 nitrogen and oxygen atoms in total. The lowest BCUT2D eigenvalue weighted by molar-refractivity contribution is 0.390. The highest BCUT2D eigenvalue weighted by atomic mass is 79.9. The summed E-state index contributed by atoms with van der Waals surface area (Å²) >= 11 is 7.05. The van der Waals surface area contributed by atoms with Crippen LogP contribution in [0.25, 0.3) is 0 Å². The van der Waals surface area contributed by atoms with Gasteiger partial charge in [-0.2, -0.15) is 0 Å². The Morgan fingerprint density at radius 2 is 1.14 bits per heavy atom. The summed E-state index contributed by atoms with van der Waals surface area (Å²) < 4.78 is 12.5. The maximum Gasteiger partial charge on any atom is 0.124 e. The minimum absolute atomic E-state index is 0.460. The number of hydrogen-bond acceptors (Lipinski definition) is 4. The number of ether oxygens (including phenoxy) is 2. The van der Waals surface area contributed by atoms with E-state index in [4.69, 9.17) is 20.9 Å². The fourth-order valence-corrected chi connectivity index (χ4v) is 3.62. The number of halogens is 2. The third-order valence-corrected chi connectivity index (χ3v) is 4.90. The Balaban J connectivity index is 2.49. The van der Waals surface area contributed by atoms with Gasteiger partial charge in [0.1, 0.15) is 11.5 Å². The SMILES string of the molecule is COc1cccc(Br)c1C(N)C(N)c1c(Br)cccc1OC. The summed E-state index contributed by atoms with van der Waals surface area (Å²) in [5, 5.41) is 0. The van der Waals surface area contributed by atoms with E-state index in [0.29, 0.717) is 11.5 Å². The van der Waals surface area contributed by atoms with E-state index in [1.165, 1.54) is 0 Å². The first-order valence-corrected chi connectivity index (χ1v) is 8.25. The molecule has 2 aromatic rings. The Kier molecular flexibility index (Phi) is 5.86. The second-order valence-electron chi connectivity index (χ2n) is 4.76. The van der Waals surface area contributed by atoms with Crippen molar-refractivity contribution >= 4 is 31.9 Å². The van der Waals surface area contributed by atoms with Gasteiger partial charge in [-0.3, -0.25) is 0 Å². The van der Waals surface area contributed by atoms with Gasteiger partial charge in [0.05, 0.1) is 26.3 Å². The molecule has 2 aromatic carbocycles. The molecule has 2 unspecified atom stereocenters. The van der Waals surface area contributed by atoms with Gasteiger partial charge < -0.3 is 20.9 Å². The highest BCUT2D eigenvalue weighted by Crippen LogP contribution is 2.40. The number of nitrogens with two attached hydrogens (primary N) is 2. The van der Waals surface area contributed by atoms with Crippen LogP contribution in [0.3, 0.4) is 0 Å². The second kappa shape index (κ2) is 7.46. The van der Waals surface area contributed by atoms with E-state index < -0.39 is 12.1 Å². The van der Waals surface area contributed by atoms with Crippen molar-refractivity contribution in [1.82, 2.24) is 0 Å². The molecule has 0 aliphatic carbocycles. The van der Waals surface area contributed by atoms with Gasteiger partial charge in [-0.15, -0.1) is 0 Å². The molecule has 0 radical (unpaired) electrons. The zero-order valence-electron chi connectivity index (χ0n) is 12.3. The topological polar surface area (TPSA) is 70.5 Å². The Labute approximate surface area is 147 Å². The maximum atomic E-state index is 6.43. The molecule has 0 saturated heterocycles.